The smallest absolute Gasteiger partial charge is 0.223 e. The van der Waals surface area contributed by atoms with Crippen molar-refractivity contribution in [1.82, 2.24) is 4.90 Å². The molecule has 29 heavy (non-hydrogen) atoms. The zero-order valence-electron chi connectivity index (χ0n) is 17.0. The van der Waals surface area contributed by atoms with Gasteiger partial charge in [0, 0.05) is 30.0 Å². The molecule has 1 heterocycles. The fourth-order valence-corrected chi connectivity index (χ4v) is 3.46. The Balaban J connectivity index is 1.72. The first kappa shape index (κ1) is 21.3. The van der Waals surface area contributed by atoms with E-state index < -0.39 is 0 Å². The van der Waals surface area contributed by atoms with E-state index in [4.69, 9.17) is 16.4 Å². The maximum atomic E-state index is 13.5. The molecule has 2 aromatic carbocycles. The fourth-order valence-electron chi connectivity index (χ4n) is 3.26. The van der Waals surface area contributed by atoms with Gasteiger partial charge in [-0.15, -0.1) is 0 Å². The lowest BCUT2D eigenvalue weighted by Gasteiger charge is -2.28. The quantitative estimate of drug-likeness (QED) is 0.629. The molecule has 0 N–H and O–H groups in total. The van der Waals surface area contributed by atoms with Gasteiger partial charge in [0.2, 0.25) is 5.91 Å². The summed E-state index contributed by atoms with van der Waals surface area (Å²) in [5.74, 6) is -0.269. The molecule has 0 saturated carbocycles. The third-order valence-corrected chi connectivity index (χ3v) is 5.04. The number of amides is 1. The summed E-state index contributed by atoms with van der Waals surface area (Å²) < 4.78 is 13.5. The second-order valence-electron chi connectivity index (χ2n) is 8.58. The molecule has 6 heteroatoms. The molecule has 1 aliphatic heterocycles. The lowest BCUT2D eigenvalue weighted by Crippen LogP contribution is -2.38. The van der Waals surface area contributed by atoms with E-state index in [2.05, 4.69) is 5.16 Å². The second kappa shape index (κ2) is 8.95. The highest BCUT2D eigenvalue weighted by Crippen LogP contribution is 2.25. The summed E-state index contributed by atoms with van der Waals surface area (Å²) in [6, 6.07) is 13.8. The van der Waals surface area contributed by atoms with Crippen molar-refractivity contribution in [1.29, 1.82) is 0 Å². The van der Waals surface area contributed by atoms with Crippen LogP contribution in [0.3, 0.4) is 0 Å². The third-order valence-electron chi connectivity index (χ3n) is 4.67. The molecule has 1 aliphatic rings. The van der Waals surface area contributed by atoms with Gasteiger partial charge in [0.05, 0.1) is 12.3 Å². The van der Waals surface area contributed by atoms with E-state index in [0.717, 1.165) is 5.56 Å². The number of hydrogen-bond donors (Lipinski definition) is 0. The number of oxime groups is 1. The van der Waals surface area contributed by atoms with Gasteiger partial charge in [-0.05, 0) is 29.2 Å². The molecule has 0 bridgehead atoms. The highest BCUT2D eigenvalue weighted by molar-refractivity contribution is 6.31. The van der Waals surface area contributed by atoms with E-state index in [0.29, 0.717) is 42.2 Å². The van der Waals surface area contributed by atoms with Crippen LogP contribution in [-0.4, -0.2) is 29.2 Å². The lowest BCUT2D eigenvalue weighted by atomic mass is 9.91. The molecule has 0 spiro atoms. The van der Waals surface area contributed by atoms with Crippen LogP contribution >= 0.6 is 11.6 Å². The van der Waals surface area contributed by atoms with Crippen molar-refractivity contribution >= 4 is 23.2 Å². The Bertz CT molecular complexity index is 908. The van der Waals surface area contributed by atoms with Crippen molar-refractivity contribution in [3.63, 3.8) is 0 Å². The number of hydrogen-bond acceptors (Lipinski definition) is 3. The molecule has 3 rings (SSSR count). The van der Waals surface area contributed by atoms with E-state index in [-0.39, 0.29) is 23.2 Å². The van der Waals surface area contributed by atoms with Gasteiger partial charge < -0.3 is 9.74 Å². The SMILES string of the molecule is CC(C)(C)CC(=O)N(Cc1ccccc1Cl)C[C@@H]1CC(c2cccc(F)c2)=NO1. The van der Waals surface area contributed by atoms with Gasteiger partial charge >= 0.3 is 0 Å². The van der Waals surface area contributed by atoms with Gasteiger partial charge in [0.25, 0.3) is 0 Å². The maximum Gasteiger partial charge on any atom is 0.223 e. The Kier molecular flexibility index (Phi) is 6.58. The summed E-state index contributed by atoms with van der Waals surface area (Å²) in [5.41, 5.74) is 2.15. The fraction of sp³-hybridized carbons (Fsp3) is 0.391. The number of carbonyl (C=O) groups is 1. The van der Waals surface area contributed by atoms with Crippen molar-refractivity contribution < 1.29 is 14.0 Å². The van der Waals surface area contributed by atoms with E-state index in [1.807, 2.05) is 45.0 Å². The summed E-state index contributed by atoms with van der Waals surface area (Å²) in [6.45, 7) is 6.91. The Hall–Kier alpha value is -2.40. The molecule has 0 fully saturated rings. The standard InChI is InChI=1S/C23H26ClFN2O2/c1-23(2,3)13-22(28)27(14-17-7-4-5-10-20(17)24)15-19-12-21(26-29-19)16-8-6-9-18(25)11-16/h4-11,19H,12-15H2,1-3H3/t19-/m0/s1. The molecule has 0 aliphatic carbocycles. The molecular weight excluding hydrogens is 391 g/mol. The van der Waals surface area contributed by atoms with Crippen LogP contribution in [-0.2, 0) is 16.2 Å². The van der Waals surface area contributed by atoms with Crippen LogP contribution < -0.4 is 0 Å². The van der Waals surface area contributed by atoms with Crippen LogP contribution in [0.4, 0.5) is 4.39 Å². The number of benzene rings is 2. The first-order valence-corrected chi connectivity index (χ1v) is 10.1. The van der Waals surface area contributed by atoms with E-state index in [1.54, 1.807) is 17.0 Å². The molecule has 2 aromatic rings. The zero-order valence-corrected chi connectivity index (χ0v) is 17.7. The normalized spacial score (nSPS) is 16.3. The van der Waals surface area contributed by atoms with Crippen LogP contribution in [0.25, 0.3) is 0 Å². The lowest BCUT2D eigenvalue weighted by molar-refractivity contribution is -0.135. The second-order valence-corrected chi connectivity index (χ2v) is 8.99. The third kappa shape index (κ3) is 6.04. The van der Waals surface area contributed by atoms with Crippen molar-refractivity contribution in [2.45, 2.75) is 46.3 Å². The van der Waals surface area contributed by atoms with Gasteiger partial charge in [0.15, 0.2) is 6.10 Å². The Morgan fingerprint density at radius 1 is 1.24 bits per heavy atom. The molecule has 0 aromatic heterocycles. The summed E-state index contributed by atoms with van der Waals surface area (Å²) in [4.78, 5) is 20.4. The molecule has 1 amide bonds. The van der Waals surface area contributed by atoms with E-state index >= 15 is 0 Å². The topological polar surface area (TPSA) is 41.9 Å². The van der Waals surface area contributed by atoms with Crippen molar-refractivity contribution in [3.05, 3.63) is 70.5 Å². The predicted molar refractivity (Wildman–Crippen MR) is 113 cm³/mol. The first-order valence-electron chi connectivity index (χ1n) is 9.71. The molecule has 154 valence electrons. The van der Waals surface area contributed by atoms with Gasteiger partial charge in [-0.25, -0.2) is 4.39 Å². The zero-order chi connectivity index (χ0) is 21.0. The Morgan fingerprint density at radius 2 is 2.00 bits per heavy atom. The number of halogens is 2. The number of carbonyl (C=O) groups excluding carboxylic acids is 1. The Labute approximate surface area is 176 Å². The van der Waals surface area contributed by atoms with E-state index in [9.17, 15) is 9.18 Å². The first-order chi connectivity index (χ1) is 13.7. The van der Waals surface area contributed by atoms with Crippen molar-refractivity contribution in [2.24, 2.45) is 10.6 Å². The van der Waals surface area contributed by atoms with Gasteiger partial charge in [-0.2, -0.15) is 0 Å². The highest BCUT2D eigenvalue weighted by Gasteiger charge is 2.29. The van der Waals surface area contributed by atoms with Crippen LogP contribution in [0.5, 0.6) is 0 Å². The molecular formula is C23H26ClFN2O2. The van der Waals surface area contributed by atoms with Crippen LogP contribution in [0.15, 0.2) is 53.7 Å². The van der Waals surface area contributed by atoms with E-state index in [1.165, 1.54) is 12.1 Å². The maximum absolute atomic E-state index is 13.5. The minimum Gasteiger partial charge on any atom is -0.390 e. The number of nitrogens with zero attached hydrogens (tertiary/aromatic N) is 2. The molecule has 0 radical (unpaired) electrons. The van der Waals surface area contributed by atoms with Gasteiger partial charge in [-0.3, -0.25) is 4.79 Å². The Morgan fingerprint density at radius 3 is 2.69 bits per heavy atom. The predicted octanol–water partition coefficient (Wildman–Crippen LogP) is 5.44. The summed E-state index contributed by atoms with van der Waals surface area (Å²) in [5, 5.41) is 4.76. The van der Waals surface area contributed by atoms with Crippen molar-refractivity contribution in [3.8, 4) is 0 Å². The monoisotopic (exact) mass is 416 g/mol. The highest BCUT2D eigenvalue weighted by atomic mass is 35.5. The van der Waals surface area contributed by atoms with Crippen molar-refractivity contribution in [2.75, 3.05) is 6.54 Å². The minimum atomic E-state index is -0.311. The van der Waals surface area contributed by atoms with Gasteiger partial charge in [0.1, 0.15) is 5.82 Å². The summed E-state index contributed by atoms with van der Waals surface area (Å²) in [6.07, 6.45) is 0.659. The average molecular weight is 417 g/mol. The average Bonchev–Trinajstić information content (AvgIpc) is 3.10. The number of rotatable bonds is 6. The van der Waals surface area contributed by atoms with Gasteiger partial charge in [-0.1, -0.05) is 67.9 Å². The molecule has 1 atom stereocenters. The van der Waals surface area contributed by atoms with Crippen LogP contribution in [0.2, 0.25) is 5.02 Å². The molecule has 0 unspecified atom stereocenters. The van der Waals surface area contributed by atoms with Crippen LogP contribution in [0.1, 0.15) is 44.7 Å². The minimum absolute atomic E-state index is 0.0419. The largest absolute Gasteiger partial charge is 0.390 e. The summed E-state index contributed by atoms with van der Waals surface area (Å²) >= 11 is 6.31. The molecule has 0 saturated heterocycles. The molecule has 4 nitrogen and oxygen atoms in total. The van der Waals surface area contributed by atoms with Crippen LogP contribution in [0, 0.1) is 11.2 Å². The summed E-state index contributed by atoms with van der Waals surface area (Å²) in [7, 11) is 0.